The van der Waals surface area contributed by atoms with Crippen molar-refractivity contribution in [1.29, 1.82) is 0 Å². The van der Waals surface area contributed by atoms with Crippen LogP contribution in [0, 0.1) is 5.92 Å². The van der Waals surface area contributed by atoms with Crippen molar-refractivity contribution >= 4 is 5.97 Å². The monoisotopic (exact) mass is 212 g/mol. The van der Waals surface area contributed by atoms with E-state index in [1.165, 1.54) is 12.7 Å². The first kappa shape index (κ1) is 12.2. The van der Waals surface area contributed by atoms with Crippen molar-refractivity contribution in [2.75, 3.05) is 7.11 Å². The fourth-order valence-corrected chi connectivity index (χ4v) is 1.99. The van der Waals surface area contributed by atoms with Crippen LogP contribution in [0.5, 0.6) is 0 Å². The van der Waals surface area contributed by atoms with Crippen LogP contribution in [0.1, 0.15) is 33.1 Å². The van der Waals surface area contributed by atoms with Gasteiger partial charge in [0.25, 0.3) is 0 Å². The molecule has 0 aromatic rings. The summed E-state index contributed by atoms with van der Waals surface area (Å²) in [6, 6.07) is 0. The molecule has 15 heavy (non-hydrogen) atoms. The van der Waals surface area contributed by atoms with Crippen molar-refractivity contribution in [2.24, 2.45) is 5.92 Å². The van der Waals surface area contributed by atoms with E-state index in [1.54, 1.807) is 0 Å². The van der Waals surface area contributed by atoms with E-state index in [0.717, 1.165) is 12.8 Å². The molecule has 86 valence electrons. The number of rotatable bonds is 3. The molecular formula is C12H20O3. The van der Waals surface area contributed by atoms with E-state index in [0.29, 0.717) is 12.3 Å². The molecule has 1 aliphatic rings. The van der Waals surface area contributed by atoms with Crippen LogP contribution in [0.25, 0.3) is 0 Å². The summed E-state index contributed by atoms with van der Waals surface area (Å²) in [7, 11) is 1.40. The molecule has 3 nitrogen and oxygen atoms in total. The van der Waals surface area contributed by atoms with Gasteiger partial charge in [0.2, 0.25) is 0 Å². The van der Waals surface area contributed by atoms with Crippen LogP contribution in [0.2, 0.25) is 0 Å². The van der Waals surface area contributed by atoms with E-state index in [-0.39, 0.29) is 18.2 Å². The first-order valence-electron chi connectivity index (χ1n) is 5.48. The summed E-state index contributed by atoms with van der Waals surface area (Å²) in [5.41, 5.74) is 1.18. The Morgan fingerprint density at radius 1 is 1.67 bits per heavy atom. The summed E-state index contributed by atoms with van der Waals surface area (Å²) in [4.78, 5) is 11.1. The van der Waals surface area contributed by atoms with Gasteiger partial charge in [-0.1, -0.05) is 26.0 Å². The molecule has 0 radical (unpaired) electrons. The summed E-state index contributed by atoms with van der Waals surface area (Å²) in [5.74, 6) is 0.182. The highest BCUT2D eigenvalue weighted by Gasteiger charge is 2.30. The minimum atomic E-state index is -0.211. The van der Waals surface area contributed by atoms with Crippen LogP contribution < -0.4 is 0 Å². The summed E-state index contributed by atoms with van der Waals surface area (Å²) in [5, 5.41) is 0. The third-order valence-corrected chi connectivity index (χ3v) is 3.08. The molecule has 0 aromatic heterocycles. The van der Waals surface area contributed by atoms with Gasteiger partial charge in [0.1, 0.15) is 0 Å². The summed E-state index contributed by atoms with van der Waals surface area (Å²) >= 11 is 0. The molecular weight excluding hydrogens is 192 g/mol. The Bertz CT molecular complexity index is 245. The maximum atomic E-state index is 11.1. The zero-order chi connectivity index (χ0) is 11.4. The van der Waals surface area contributed by atoms with Crippen molar-refractivity contribution in [1.82, 2.24) is 0 Å². The van der Waals surface area contributed by atoms with Crippen LogP contribution >= 0.6 is 0 Å². The second kappa shape index (κ2) is 5.31. The maximum Gasteiger partial charge on any atom is 0.308 e. The Kier molecular flexibility index (Phi) is 4.33. The lowest BCUT2D eigenvalue weighted by Gasteiger charge is -2.35. The van der Waals surface area contributed by atoms with E-state index >= 15 is 0 Å². The molecule has 1 fully saturated rings. The van der Waals surface area contributed by atoms with Crippen LogP contribution in [0.3, 0.4) is 0 Å². The molecule has 1 rings (SSSR count). The number of carbonyl (C=O) groups is 1. The van der Waals surface area contributed by atoms with Gasteiger partial charge in [0.15, 0.2) is 0 Å². The van der Waals surface area contributed by atoms with E-state index in [4.69, 9.17) is 4.74 Å². The van der Waals surface area contributed by atoms with Crippen molar-refractivity contribution in [2.45, 2.75) is 45.3 Å². The predicted octanol–water partition coefficient (Wildman–Crippen LogP) is 2.31. The Balaban J connectivity index is 2.55. The fraction of sp³-hybridized carbons (Fsp3) is 0.750. The van der Waals surface area contributed by atoms with Crippen molar-refractivity contribution in [3.8, 4) is 0 Å². The Morgan fingerprint density at radius 2 is 2.33 bits per heavy atom. The standard InChI is InChI=1S/C12H20O3/c1-5-11-9(3)8(2)6-10(15-11)7-12(13)14-4/h9-11H,2,5-7H2,1,3-4H3/t9-,10-,11+/m0/s1. The lowest BCUT2D eigenvalue weighted by atomic mass is 9.87. The average molecular weight is 212 g/mol. The normalized spacial score (nSPS) is 31.4. The second-order valence-corrected chi connectivity index (χ2v) is 4.14. The van der Waals surface area contributed by atoms with Crippen LogP contribution in [-0.4, -0.2) is 25.3 Å². The third kappa shape index (κ3) is 3.06. The van der Waals surface area contributed by atoms with E-state index in [1.807, 2.05) is 0 Å². The number of hydrogen-bond acceptors (Lipinski definition) is 3. The third-order valence-electron chi connectivity index (χ3n) is 3.08. The quantitative estimate of drug-likeness (QED) is 0.532. The van der Waals surface area contributed by atoms with Gasteiger partial charge >= 0.3 is 5.97 Å². The number of methoxy groups -OCH3 is 1. The molecule has 0 N–H and O–H groups in total. The minimum Gasteiger partial charge on any atom is -0.469 e. The molecule has 1 saturated heterocycles. The molecule has 0 saturated carbocycles. The lowest BCUT2D eigenvalue weighted by Crippen LogP contribution is -2.36. The van der Waals surface area contributed by atoms with Gasteiger partial charge in [-0.2, -0.15) is 0 Å². The van der Waals surface area contributed by atoms with Gasteiger partial charge in [0.05, 0.1) is 25.7 Å². The van der Waals surface area contributed by atoms with Gasteiger partial charge in [-0.05, 0) is 12.8 Å². The highest BCUT2D eigenvalue weighted by molar-refractivity contribution is 5.69. The molecule has 0 aromatic carbocycles. The number of carbonyl (C=O) groups excluding carboxylic acids is 1. The largest absolute Gasteiger partial charge is 0.469 e. The van der Waals surface area contributed by atoms with Gasteiger partial charge in [-0.25, -0.2) is 0 Å². The first-order valence-corrected chi connectivity index (χ1v) is 5.48. The van der Waals surface area contributed by atoms with Crippen molar-refractivity contribution in [3.05, 3.63) is 12.2 Å². The van der Waals surface area contributed by atoms with Crippen molar-refractivity contribution in [3.63, 3.8) is 0 Å². The van der Waals surface area contributed by atoms with E-state index < -0.39 is 0 Å². The molecule has 0 amide bonds. The molecule has 0 bridgehead atoms. The maximum absolute atomic E-state index is 11.1. The Morgan fingerprint density at radius 3 is 2.87 bits per heavy atom. The first-order chi connectivity index (χ1) is 7.08. The van der Waals surface area contributed by atoms with E-state index in [2.05, 4.69) is 25.2 Å². The minimum absolute atomic E-state index is 0.0499. The molecule has 1 aliphatic heterocycles. The zero-order valence-electron chi connectivity index (χ0n) is 9.79. The van der Waals surface area contributed by atoms with Gasteiger partial charge in [0, 0.05) is 5.92 Å². The smallest absolute Gasteiger partial charge is 0.308 e. The topological polar surface area (TPSA) is 35.5 Å². The fourth-order valence-electron chi connectivity index (χ4n) is 1.99. The Hall–Kier alpha value is -0.830. The van der Waals surface area contributed by atoms with Crippen LogP contribution in [0.4, 0.5) is 0 Å². The molecule has 0 spiro atoms. The molecule has 3 atom stereocenters. The molecule has 1 heterocycles. The van der Waals surface area contributed by atoms with Gasteiger partial charge in [-0.15, -0.1) is 0 Å². The summed E-state index contributed by atoms with van der Waals surface area (Å²) in [6.07, 6.45) is 2.20. The van der Waals surface area contributed by atoms with E-state index in [9.17, 15) is 4.79 Å². The van der Waals surface area contributed by atoms with Gasteiger partial charge < -0.3 is 9.47 Å². The van der Waals surface area contributed by atoms with Crippen molar-refractivity contribution < 1.29 is 14.3 Å². The summed E-state index contributed by atoms with van der Waals surface area (Å²) in [6.45, 7) is 8.27. The highest BCUT2D eigenvalue weighted by atomic mass is 16.5. The SMILES string of the molecule is C=C1C[C@@H](CC(=O)OC)O[C@H](CC)[C@H]1C. The van der Waals surface area contributed by atoms with Crippen LogP contribution in [-0.2, 0) is 14.3 Å². The lowest BCUT2D eigenvalue weighted by molar-refractivity contribution is -0.146. The Labute approximate surface area is 91.4 Å². The highest BCUT2D eigenvalue weighted by Crippen LogP contribution is 2.31. The number of ether oxygens (including phenoxy) is 2. The molecule has 3 heteroatoms. The number of esters is 1. The number of hydrogen-bond donors (Lipinski definition) is 0. The average Bonchev–Trinajstić information content (AvgIpc) is 2.22. The van der Waals surface area contributed by atoms with Crippen LogP contribution in [0.15, 0.2) is 12.2 Å². The second-order valence-electron chi connectivity index (χ2n) is 4.14. The molecule has 0 aliphatic carbocycles. The zero-order valence-corrected chi connectivity index (χ0v) is 9.79. The van der Waals surface area contributed by atoms with Gasteiger partial charge in [-0.3, -0.25) is 4.79 Å². The summed E-state index contributed by atoms with van der Waals surface area (Å²) < 4.78 is 10.5. The molecule has 0 unspecified atom stereocenters. The predicted molar refractivity (Wildman–Crippen MR) is 58.5 cm³/mol.